The van der Waals surface area contributed by atoms with Crippen molar-refractivity contribution in [3.05, 3.63) is 21.9 Å². The van der Waals surface area contributed by atoms with E-state index in [0.29, 0.717) is 19.4 Å². The number of hydrogen-bond acceptors (Lipinski definition) is 3. The summed E-state index contributed by atoms with van der Waals surface area (Å²) in [5, 5.41) is 16.7. The van der Waals surface area contributed by atoms with E-state index in [0.717, 1.165) is 12.8 Å². The number of carbonyl (C=O) groups is 2. The predicted octanol–water partition coefficient (Wildman–Crippen LogP) is 2.36. The molecule has 5 nitrogen and oxygen atoms in total. The van der Waals surface area contributed by atoms with E-state index in [-0.39, 0.29) is 18.0 Å². The molecule has 3 N–H and O–H groups in total. The summed E-state index contributed by atoms with van der Waals surface area (Å²) in [6, 6.07) is 1.84. The van der Waals surface area contributed by atoms with E-state index in [4.69, 9.17) is 5.11 Å². The first-order valence-electron chi connectivity index (χ1n) is 6.92. The molecule has 2 atom stereocenters. The largest absolute Gasteiger partial charge is 0.481 e. The minimum absolute atomic E-state index is 0.0231. The summed E-state index contributed by atoms with van der Waals surface area (Å²) in [5.41, 5.74) is 1.27. The van der Waals surface area contributed by atoms with Gasteiger partial charge in [0.15, 0.2) is 0 Å². The number of hydrogen-bond donors (Lipinski definition) is 3. The fourth-order valence-electron chi connectivity index (χ4n) is 2.57. The van der Waals surface area contributed by atoms with E-state index >= 15 is 0 Å². The average molecular weight is 296 g/mol. The van der Waals surface area contributed by atoms with Gasteiger partial charge in [0.1, 0.15) is 0 Å². The van der Waals surface area contributed by atoms with Crippen LogP contribution in [0.2, 0.25) is 0 Å². The zero-order chi connectivity index (χ0) is 14.5. The van der Waals surface area contributed by atoms with Gasteiger partial charge in [-0.3, -0.25) is 4.79 Å². The number of carbonyl (C=O) groups excluding carboxylic acids is 1. The quantitative estimate of drug-likeness (QED) is 0.780. The van der Waals surface area contributed by atoms with Gasteiger partial charge in [-0.05, 0) is 42.7 Å². The molecular weight excluding hydrogens is 276 g/mol. The highest BCUT2D eigenvalue weighted by Gasteiger charge is 2.30. The molecule has 2 rings (SSSR count). The summed E-state index contributed by atoms with van der Waals surface area (Å²) in [5.74, 6) is -1.08. The van der Waals surface area contributed by atoms with Crippen LogP contribution in [0.25, 0.3) is 0 Å². The molecule has 1 saturated carbocycles. The number of rotatable bonds is 5. The molecule has 1 aliphatic carbocycles. The zero-order valence-electron chi connectivity index (χ0n) is 11.5. The molecule has 6 heteroatoms. The topological polar surface area (TPSA) is 78.4 Å². The van der Waals surface area contributed by atoms with Crippen LogP contribution in [0.3, 0.4) is 0 Å². The molecule has 110 valence electrons. The molecule has 1 aromatic heterocycles. The normalized spacial score (nSPS) is 21.6. The lowest BCUT2D eigenvalue weighted by Crippen LogP contribution is -2.40. The lowest BCUT2D eigenvalue weighted by atomic mass is 10.1. The number of nitrogens with one attached hydrogen (secondary N) is 2. The van der Waals surface area contributed by atoms with Crippen molar-refractivity contribution in [3.63, 3.8) is 0 Å². The minimum Gasteiger partial charge on any atom is -0.481 e. The zero-order valence-corrected chi connectivity index (χ0v) is 12.3. The second-order valence-electron chi connectivity index (χ2n) is 5.09. The Morgan fingerprint density at radius 1 is 1.45 bits per heavy atom. The van der Waals surface area contributed by atoms with Gasteiger partial charge in [-0.25, -0.2) is 4.79 Å². The predicted molar refractivity (Wildman–Crippen MR) is 77.8 cm³/mol. The van der Waals surface area contributed by atoms with Crippen LogP contribution >= 0.6 is 11.3 Å². The minimum atomic E-state index is -0.763. The van der Waals surface area contributed by atoms with Crippen LogP contribution in [0.5, 0.6) is 0 Å². The summed E-state index contributed by atoms with van der Waals surface area (Å²) < 4.78 is 0. The van der Waals surface area contributed by atoms with E-state index in [1.807, 2.05) is 5.38 Å². The molecule has 0 radical (unpaired) electrons. The van der Waals surface area contributed by atoms with E-state index in [9.17, 15) is 9.59 Å². The van der Waals surface area contributed by atoms with E-state index < -0.39 is 5.97 Å². The van der Waals surface area contributed by atoms with Crippen LogP contribution in [0.4, 0.5) is 4.79 Å². The fourth-order valence-corrected chi connectivity index (χ4v) is 3.49. The smallest absolute Gasteiger partial charge is 0.315 e. The number of aliphatic carboxylic acids is 1. The van der Waals surface area contributed by atoms with E-state index in [2.05, 4.69) is 23.6 Å². The van der Waals surface area contributed by atoms with Gasteiger partial charge in [0.25, 0.3) is 0 Å². The van der Waals surface area contributed by atoms with Crippen molar-refractivity contribution in [2.75, 3.05) is 0 Å². The maximum atomic E-state index is 11.8. The Morgan fingerprint density at radius 2 is 2.25 bits per heavy atom. The van der Waals surface area contributed by atoms with Crippen LogP contribution in [-0.4, -0.2) is 23.1 Å². The monoisotopic (exact) mass is 296 g/mol. The fraction of sp³-hybridized carbons (Fsp3) is 0.571. The third-order valence-corrected chi connectivity index (χ3v) is 4.71. The van der Waals surface area contributed by atoms with Gasteiger partial charge in [-0.1, -0.05) is 6.92 Å². The van der Waals surface area contributed by atoms with Crippen LogP contribution < -0.4 is 10.6 Å². The SMILES string of the molecule is CCc1ccsc1CNC(=O)N[C@H]1CC[C@@H](C(=O)O)C1. The lowest BCUT2D eigenvalue weighted by molar-refractivity contribution is -0.141. The first-order chi connectivity index (χ1) is 9.60. The molecule has 0 spiro atoms. The van der Waals surface area contributed by atoms with Crippen molar-refractivity contribution < 1.29 is 14.7 Å². The number of aryl methyl sites for hydroxylation is 1. The molecule has 0 bridgehead atoms. The van der Waals surface area contributed by atoms with E-state index in [1.54, 1.807) is 11.3 Å². The van der Waals surface area contributed by atoms with Gasteiger partial charge in [0, 0.05) is 10.9 Å². The summed E-state index contributed by atoms with van der Waals surface area (Å²) in [4.78, 5) is 23.8. The molecule has 0 saturated heterocycles. The molecule has 0 unspecified atom stereocenters. The molecular formula is C14H20N2O3S. The number of urea groups is 1. The molecule has 1 aromatic rings. The maximum absolute atomic E-state index is 11.8. The molecule has 0 aliphatic heterocycles. The Balaban J connectivity index is 1.75. The van der Waals surface area contributed by atoms with Crippen molar-refractivity contribution in [2.45, 2.75) is 45.2 Å². The first kappa shape index (κ1) is 14.8. The number of amides is 2. The summed E-state index contributed by atoms with van der Waals surface area (Å²) in [6.45, 7) is 2.62. The third-order valence-electron chi connectivity index (χ3n) is 3.75. The Hall–Kier alpha value is -1.56. The van der Waals surface area contributed by atoms with Gasteiger partial charge in [0.05, 0.1) is 12.5 Å². The van der Waals surface area contributed by atoms with Gasteiger partial charge >= 0.3 is 12.0 Å². The summed E-state index contributed by atoms with van der Waals surface area (Å²) in [6.07, 6.45) is 2.88. The van der Waals surface area contributed by atoms with E-state index in [1.165, 1.54) is 10.4 Å². The van der Waals surface area contributed by atoms with Crippen molar-refractivity contribution >= 4 is 23.3 Å². The van der Waals surface area contributed by atoms with Gasteiger partial charge < -0.3 is 15.7 Å². The van der Waals surface area contributed by atoms with Crippen LogP contribution in [-0.2, 0) is 17.8 Å². The third kappa shape index (κ3) is 3.72. The van der Waals surface area contributed by atoms with Crippen molar-refractivity contribution in [1.29, 1.82) is 0 Å². The summed E-state index contributed by atoms with van der Waals surface area (Å²) in [7, 11) is 0. The number of thiophene rings is 1. The van der Waals surface area contributed by atoms with Crippen LogP contribution in [0.1, 0.15) is 36.6 Å². The second kappa shape index (κ2) is 6.74. The molecule has 0 aromatic carbocycles. The van der Waals surface area contributed by atoms with Crippen molar-refractivity contribution in [3.8, 4) is 0 Å². The second-order valence-corrected chi connectivity index (χ2v) is 6.10. The Morgan fingerprint density at radius 3 is 2.90 bits per heavy atom. The average Bonchev–Trinajstić information content (AvgIpc) is 3.04. The highest BCUT2D eigenvalue weighted by atomic mass is 32.1. The molecule has 20 heavy (non-hydrogen) atoms. The van der Waals surface area contributed by atoms with Crippen molar-refractivity contribution in [2.24, 2.45) is 5.92 Å². The maximum Gasteiger partial charge on any atom is 0.315 e. The molecule has 1 heterocycles. The van der Waals surface area contributed by atoms with Gasteiger partial charge in [-0.15, -0.1) is 11.3 Å². The van der Waals surface area contributed by atoms with Crippen LogP contribution in [0.15, 0.2) is 11.4 Å². The molecule has 1 fully saturated rings. The lowest BCUT2D eigenvalue weighted by Gasteiger charge is -2.13. The Labute approximate surface area is 122 Å². The molecule has 1 aliphatic rings. The Bertz CT molecular complexity index is 487. The Kier molecular flexibility index (Phi) is 5.00. The first-order valence-corrected chi connectivity index (χ1v) is 7.80. The summed E-state index contributed by atoms with van der Waals surface area (Å²) >= 11 is 1.64. The van der Waals surface area contributed by atoms with Gasteiger partial charge in [0.2, 0.25) is 0 Å². The molecule has 2 amide bonds. The van der Waals surface area contributed by atoms with Crippen molar-refractivity contribution in [1.82, 2.24) is 10.6 Å². The van der Waals surface area contributed by atoms with Crippen LogP contribution in [0, 0.1) is 5.92 Å². The number of carboxylic acids is 1. The standard InChI is InChI=1S/C14H20N2O3S/c1-2-9-5-6-20-12(9)8-15-14(19)16-11-4-3-10(7-11)13(17)18/h5-6,10-11H,2-4,7-8H2,1H3,(H,17,18)(H2,15,16,19)/t10-,11+/m1/s1. The highest BCUT2D eigenvalue weighted by molar-refractivity contribution is 7.10. The van der Waals surface area contributed by atoms with Gasteiger partial charge in [-0.2, -0.15) is 0 Å². The highest BCUT2D eigenvalue weighted by Crippen LogP contribution is 2.25. The number of carboxylic acid groups (broad SMARTS) is 1.